The summed E-state index contributed by atoms with van der Waals surface area (Å²) >= 11 is 1.75. The van der Waals surface area contributed by atoms with Gasteiger partial charge in [0.1, 0.15) is 11.6 Å². The fourth-order valence-corrected chi connectivity index (χ4v) is 3.43. The molecule has 0 atom stereocenters. The minimum Gasteiger partial charge on any atom is -0.378 e. The van der Waals surface area contributed by atoms with Crippen molar-refractivity contribution in [2.75, 3.05) is 26.0 Å². The number of benzene rings is 1. The van der Waals surface area contributed by atoms with Crippen molar-refractivity contribution in [3.05, 3.63) is 82.6 Å². The van der Waals surface area contributed by atoms with Crippen molar-refractivity contribution in [2.24, 2.45) is 4.99 Å². The predicted molar refractivity (Wildman–Crippen MR) is 113 cm³/mol. The van der Waals surface area contributed by atoms with Crippen molar-refractivity contribution < 1.29 is 0 Å². The van der Waals surface area contributed by atoms with Crippen molar-refractivity contribution in [1.29, 1.82) is 0 Å². The van der Waals surface area contributed by atoms with Gasteiger partial charge in [0.15, 0.2) is 0 Å². The van der Waals surface area contributed by atoms with Crippen LogP contribution in [0.25, 0.3) is 5.57 Å². The zero-order valence-corrected chi connectivity index (χ0v) is 16.3. The van der Waals surface area contributed by atoms with Gasteiger partial charge in [0.25, 0.3) is 0 Å². The zero-order valence-electron chi connectivity index (χ0n) is 15.4. The summed E-state index contributed by atoms with van der Waals surface area (Å²) in [5, 5.41) is 5.58. The van der Waals surface area contributed by atoms with E-state index in [1.807, 2.05) is 39.5 Å². The average Bonchev–Trinajstić information content (AvgIpc) is 3.16. The third-order valence-corrected chi connectivity index (χ3v) is 5.15. The Balaban J connectivity index is 1.84. The Kier molecular flexibility index (Phi) is 5.58. The zero-order chi connectivity index (χ0) is 18.5. The van der Waals surface area contributed by atoms with Gasteiger partial charge in [0.2, 0.25) is 0 Å². The molecule has 26 heavy (non-hydrogen) atoms. The molecule has 1 aromatic carbocycles. The van der Waals surface area contributed by atoms with Gasteiger partial charge in [-0.05, 0) is 35.2 Å². The van der Waals surface area contributed by atoms with Gasteiger partial charge in [0, 0.05) is 43.5 Å². The first-order valence-electron chi connectivity index (χ1n) is 8.49. The number of hydrogen-bond donors (Lipinski definition) is 1. The predicted octanol–water partition coefficient (Wildman–Crippen LogP) is 4.32. The molecule has 0 saturated carbocycles. The molecule has 0 spiro atoms. The van der Waals surface area contributed by atoms with Gasteiger partial charge >= 0.3 is 0 Å². The SMILES string of the molecule is C=C/C(=C1/N=CC=C(NCc2cccs2)N1C)c1ccc(N(C)C)cc1. The molecule has 5 heteroatoms. The first-order chi connectivity index (χ1) is 12.6. The van der Waals surface area contributed by atoms with E-state index in [2.05, 4.69) is 68.5 Å². The van der Waals surface area contributed by atoms with Crippen LogP contribution in [0, 0.1) is 0 Å². The largest absolute Gasteiger partial charge is 0.378 e. The van der Waals surface area contributed by atoms with Gasteiger partial charge < -0.3 is 15.1 Å². The molecule has 0 unspecified atom stereocenters. The van der Waals surface area contributed by atoms with Crippen molar-refractivity contribution >= 4 is 28.8 Å². The molecule has 2 heterocycles. The lowest BCUT2D eigenvalue weighted by Gasteiger charge is -2.28. The Bertz CT molecular complexity index is 843. The third-order valence-electron chi connectivity index (χ3n) is 4.27. The summed E-state index contributed by atoms with van der Waals surface area (Å²) in [6.07, 6.45) is 5.70. The molecule has 4 nitrogen and oxygen atoms in total. The first-order valence-corrected chi connectivity index (χ1v) is 9.37. The van der Waals surface area contributed by atoms with Crippen LogP contribution < -0.4 is 10.2 Å². The highest BCUT2D eigenvalue weighted by Crippen LogP contribution is 2.27. The van der Waals surface area contributed by atoms with Crippen LogP contribution in [-0.4, -0.2) is 32.3 Å². The van der Waals surface area contributed by atoms with E-state index >= 15 is 0 Å². The molecule has 1 aliphatic heterocycles. The summed E-state index contributed by atoms with van der Waals surface area (Å²) in [7, 11) is 6.10. The molecule has 1 aliphatic rings. The molecule has 0 saturated heterocycles. The van der Waals surface area contributed by atoms with Crippen LogP contribution in [0.3, 0.4) is 0 Å². The second-order valence-electron chi connectivity index (χ2n) is 6.20. The Labute approximate surface area is 159 Å². The smallest absolute Gasteiger partial charge is 0.141 e. The van der Waals surface area contributed by atoms with E-state index in [9.17, 15) is 0 Å². The Morgan fingerprint density at radius 1 is 1.27 bits per heavy atom. The van der Waals surface area contributed by atoms with Crippen molar-refractivity contribution in [3.8, 4) is 0 Å². The van der Waals surface area contributed by atoms with E-state index in [0.29, 0.717) is 0 Å². The van der Waals surface area contributed by atoms with E-state index in [1.54, 1.807) is 11.3 Å². The summed E-state index contributed by atoms with van der Waals surface area (Å²) in [6, 6.07) is 12.6. The maximum atomic E-state index is 4.60. The fourth-order valence-electron chi connectivity index (χ4n) is 2.79. The molecular formula is C21H24N4S. The number of nitrogens with one attached hydrogen (secondary N) is 1. The summed E-state index contributed by atoms with van der Waals surface area (Å²) in [5.74, 6) is 1.90. The van der Waals surface area contributed by atoms with Crippen LogP contribution in [0.15, 0.2) is 77.1 Å². The lowest BCUT2D eigenvalue weighted by atomic mass is 10.0. The first kappa shape index (κ1) is 18.0. The van der Waals surface area contributed by atoms with Crippen LogP contribution in [0.1, 0.15) is 10.4 Å². The summed E-state index contributed by atoms with van der Waals surface area (Å²) in [5.41, 5.74) is 3.28. The molecular weight excluding hydrogens is 340 g/mol. The number of rotatable bonds is 6. The number of aliphatic imine (C=N–C) groups is 1. The van der Waals surface area contributed by atoms with E-state index in [0.717, 1.165) is 29.3 Å². The average molecular weight is 365 g/mol. The van der Waals surface area contributed by atoms with E-state index in [1.165, 1.54) is 10.6 Å². The fraction of sp³-hybridized carbons (Fsp3) is 0.190. The van der Waals surface area contributed by atoms with Gasteiger partial charge in [-0.25, -0.2) is 4.99 Å². The van der Waals surface area contributed by atoms with Gasteiger partial charge in [0.05, 0.1) is 6.54 Å². The van der Waals surface area contributed by atoms with Crippen molar-refractivity contribution in [2.45, 2.75) is 6.54 Å². The molecule has 0 fully saturated rings. The van der Waals surface area contributed by atoms with Gasteiger partial charge in [-0.3, -0.25) is 0 Å². The molecule has 1 aromatic heterocycles. The number of allylic oxidation sites excluding steroid dienone is 3. The van der Waals surface area contributed by atoms with E-state index in [-0.39, 0.29) is 0 Å². The van der Waals surface area contributed by atoms with Gasteiger partial charge in [-0.15, -0.1) is 11.3 Å². The van der Waals surface area contributed by atoms with Crippen molar-refractivity contribution in [3.63, 3.8) is 0 Å². The monoisotopic (exact) mass is 364 g/mol. The van der Waals surface area contributed by atoms with Crippen molar-refractivity contribution in [1.82, 2.24) is 10.2 Å². The lowest BCUT2D eigenvalue weighted by Crippen LogP contribution is -2.29. The molecule has 3 rings (SSSR count). The highest BCUT2D eigenvalue weighted by molar-refractivity contribution is 7.09. The Morgan fingerprint density at radius 2 is 2.04 bits per heavy atom. The Hall–Kier alpha value is -2.79. The molecule has 0 aliphatic carbocycles. The van der Waals surface area contributed by atoms with Crippen LogP contribution in [0.5, 0.6) is 0 Å². The normalized spacial score (nSPS) is 15.5. The maximum absolute atomic E-state index is 4.60. The number of anilines is 1. The molecule has 0 radical (unpaired) electrons. The number of thiophene rings is 1. The van der Waals surface area contributed by atoms with E-state index in [4.69, 9.17) is 0 Å². The highest BCUT2D eigenvalue weighted by atomic mass is 32.1. The highest BCUT2D eigenvalue weighted by Gasteiger charge is 2.17. The topological polar surface area (TPSA) is 30.9 Å². The second-order valence-corrected chi connectivity index (χ2v) is 7.24. The maximum Gasteiger partial charge on any atom is 0.141 e. The number of hydrogen-bond acceptors (Lipinski definition) is 5. The minimum absolute atomic E-state index is 0.802. The standard InChI is InChI=1S/C21H24N4S/c1-5-19(16-8-10-17(11-9-16)24(2)3)21-22-13-12-20(25(21)4)23-15-18-7-6-14-26-18/h5-14,23H,1,15H2,2-4H3/b21-19+. The summed E-state index contributed by atoms with van der Waals surface area (Å²) < 4.78 is 0. The van der Waals surface area contributed by atoms with Crippen LogP contribution >= 0.6 is 11.3 Å². The lowest BCUT2D eigenvalue weighted by molar-refractivity contribution is 0.462. The van der Waals surface area contributed by atoms with Crippen LogP contribution in [0.4, 0.5) is 5.69 Å². The quantitative estimate of drug-likeness (QED) is 0.828. The van der Waals surface area contributed by atoms with Gasteiger partial charge in [-0.2, -0.15) is 0 Å². The molecule has 0 amide bonds. The molecule has 1 N–H and O–H groups in total. The second kappa shape index (κ2) is 8.06. The molecule has 2 aromatic rings. The summed E-state index contributed by atoms with van der Waals surface area (Å²) in [4.78, 5) is 10.1. The number of nitrogens with zero attached hydrogens (tertiary/aromatic N) is 3. The molecule has 134 valence electrons. The Morgan fingerprint density at radius 3 is 2.65 bits per heavy atom. The summed E-state index contributed by atoms with van der Waals surface area (Å²) in [6.45, 7) is 4.81. The third kappa shape index (κ3) is 3.89. The van der Waals surface area contributed by atoms with Crippen LogP contribution in [-0.2, 0) is 6.54 Å². The van der Waals surface area contributed by atoms with E-state index < -0.39 is 0 Å². The van der Waals surface area contributed by atoms with Crippen LogP contribution in [0.2, 0.25) is 0 Å². The minimum atomic E-state index is 0.802. The van der Waals surface area contributed by atoms with Gasteiger partial charge in [-0.1, -0.05) is 30.9 Å². The molecule has 0 bridgehead atoms.